The summed E-state index contributed by atoms with van der Waals surface area (Å²) in [7, 11) is 0. The summed E-state index contributed by atoms with van der Waals surface area (Å²) in [6.07, 6.45) is 2.33. The number of nitrogens with one attached hydrogen (secondary N) is 1. The molecule has 0 spiro atoms. The number of fused-ring (bicyclic) bond motifs is 1. The van der Waals surface area contributed by atoms with Crippen molar-refractivity contribution in [3.05, 3.63) is 42.0 Å². The highest BCUT2D eigenvalue weighted by molar-refractivity contribution is 5.89. The van der Waals surface area contributed by atoms with Crippen LogP contribution >= 0.6 is 0 Å². The molecule has 0 saturated carbocycles. The molecule has 2 aromatic carbocycles. The molecular weight excluding hydrogens is 222 g/mol. The van der Waals surface area contributed by atoms with Crippen molar-refractivity contribution in [1.29, 1.82) is 0 Å². The first kappa shape index (κ1) is 11.5. The molecule has 1 fully saturated rings. The maximum absolute atomic E-state index is 10.4. The lowest BCUT2D eigenvalue weighted by molar-refractivity contribution is 0.318. The van der Waals surface area contributed by atoms with Crippen molar-refractivity contribution in [3.63, 3.8) is 0 Å². The van der Waals surface area contributed by atoms with Gasteiger partial charge in [0.05, 0.1) is 0 Å². The van der Waals surface area contributed by atoms with Crippen molar-refractivity contribution in [1.82, 2.24) is 5.32 Å². The van der Waals surface area contributed by atoms with E-state index in [1.165, 1.54) is 6.42 Å². The first-order valence-electron chi connectivity index (χ1n) is 6.69. The number of benzene rings is 2. The molecule has 2 nitrogen and oxygen atoms in total. The summed E-state index contributed by atoms with van der Waals surface area (Å²) >= 11 is 0. The molecule has 94 valence electrons. The Morgan fingerprint density at radius 3 is 2.83 bits per heavy atom. The molecule has 1 heterocycles. The first-order valence-corrected chi connectivity index (χ1v) is 6.69. The van der Waals surface area contributed by atoms with Crippen LogP contribution in [0.4, 0.5) is 0 Å². The van der Waals surface area contributed by atoms with E-state index in [-0.39, 0.29) is 0 Å². The SMILES string of the molecule is CC1CCNC(c2ccc3ccccc3c2O)C1. The predicted molar refractivity (Wildman–Crippen MR) is 74.8 cm³/mol. The van der Waals surface area contributed by atoms with E-state index in [1.807, 2.05) is 24.3 Å². The van der Waals surface area contributed by atoms with Crippen molar-refractivity contribution < 1.29 is 5.11 Å². The Hall–Kier alpha value is -1.54. The molecule has 2 unspecified atom stereocenters. The Morgan fingerprint density at radius 2 is 2.00 bits per heavy atom. The molecule has 0 aromatic heterocycles. The fourth-order valence-electron chi connectivity index (χ4n) is 2.90. The molecular formula is C16H19NO. The van der Waals surface area contributed by atoms with Crippen molar-refractivity contribution >= 4 is 10.8 Å². The van der Waals surface area contributed by atoms with Crippen molar-refractivity contribution in [3.8, 4) is 5.75 Å². The molecule has 0 aliphatic carbocycles. The van der Waals surface area contributed by atoms with Gasteiger partial charge in [0.15, 0.2) is 0 Å². The van der Waals surface area contributed by atoms with Crippen LogP contribution in [0, 0.1) is 5.92 Å². The van der Waals surface area contributed by atoms with Crippen LogP contribution in [-0.4, -0.2) is 11.7 Å². The zero-order chi connectivity index (χ0) is 12.5. The van der Waals surface area contributed by atoms with E-state index >= 15 is 0 Å². The maximum atomic E-state index is 10.4. The largest absolute Gasteiger partial charge is 0.507 e. The molecule has 3 rings (SSSR count). The smallest absolute Gasteiger partial charge is 0.128 e. The van der Waals surface area contributed by atoms with Crippen molar-refractivity contribution in [2.24, 2.45) is 5.92 Å². The topological polar surface area (TPSA) is 32.3 Å². The van der Waals surface area contributed by atoms with Crippen LogP contribution in [0.3, 0.4) is 0 Å². The lowest BCUT2D eigenvalue weighted by Crippen LogP contribution is -2.30. The number of aromatic hydroxyl groups is 1. The second kappa shape index (κ2) is 4.62. The monoisotopic (exact) mass is 241 g/mol. The van der Waals surface area contributed by atoms with Crippen LogP contribution in [0.5, 0.6) is 5.75 Å². The summed E-state index contributed by atoms with van der Waals surface area (Å²) in [5.41, 5.74) is 1.04. The average Bonchev–Trinajstić information content (AvgIpc) is 2.39. The quantitative estimate of drug-likeness (QED) is 0.799. The molecule has 1 aliphatic rings. The third kappa shape index (κ3) is 1.97. The number of rotatable bonds is 1. The van der Waals surface area contributed by atoms with Crippen LogP contribution in [-0.2, 0) is 0 Å². The number of phenolic OH excluding ortho intramolecular Hbond substituents is 1. The normalized spacial score (nSPS) is 24.3. The van der Waals surface area contributed by atoms with Crippen LogP contribution < -0.4 is 5.32 Å². The third-order valence-corrected chi connectivity index (χ3v) is 3.97. The van der Waals surface area contributed by atoms with E-state index in [0.717, 1.165) is 35.2 Å². The number of phenols is 1. The lowest BCUT2D eigenvalue weighted by atomic mass is 9.88. The van der Waals surface area contributed by atoms with Gasteiger partial charge in [-0.1, -0.05) is 43.3 Å². The highest BCUT2D eigenvalue weighted by atomic mass is 16.3. The van der Waals surface area contributed by atoms with Crippen molar-refractivity contribution in [2.45, 2.75) is 25.8 Å². The summed E-state index contributed by atoms with van der Waals surface area (Å²) in [6.45, 7) is 3.32. The Kier molecular flexibility index (Phi) is 2.96. The minimum Gasteiger partial charge on any atom is -0.507 e. The van der Waals surface area contributed by atoms with Crippen LogP contribution in [0.25, 0.3) is 10.8 Å². The zero-order valence-electron chi connectivity index (χ0n) is 10.7. The Morgan fingerprint density at radius 1 is 1.17 bits per heavy atom. The average molecular weight is 241 g/mol. The van der Waals surface area contributed by atoms with E-state index in [2.05, 4.69) is 24.4 Å². The summed E-state index contributed by atoms with van der Waals surface area (Å²) < 4.78 is 0. The van der Waals surface area contributed by atoms with Crippen LogP contribution in [0.15, 0.2) is 36.4 Å². The van der Waals surface area contributed by atoms with Crippen LogP contribution in [0.1, 0.15) is 31.4 Å². The minimum absolute atomic E-state index is 0.290. The molecule has 2 aromatic rings. The summed E-state index contributed by atoms with van der Waals surface area (Å²) in [6, 6.07) is 12.5. The lowest BCUT2D eigenvalue weighted by Gasteiger charge is -2.29. The van der Waals surface area contributed by atoms with Gasteiger partial charge in [-0.15, -0.1) is 0 Å². The molecule has 0 radical (unpaired) electrons. The molecule has 2 N–H and O–H groups in total. The molecule has 1 saturated heterocycles. The zero-order valence-corrected chi connectivity index (χ0v) is 10.7. The third-order valence-electron chi connectivity index (χ3n) is 3.97. The van der Waals surface area contributed by atoms with E-state index in [1.54, 1.807) is 0 Å². The van der Waals surface area contributed by atoms with Gasteiger partial charge in [-0.25, -0.2) is 0 Å². The molecule has 0 bridgehead atoms. The Labute approximate surface area is 108 Å². The fraction of sp³-hybridized carbons (Fsp3) is 0.375. The second-order valence-electron chi connectivity index (χ2n) is 5.36. The van der Waals surface area contributed by atoms with Gasteiger partial charge in [-0.3, -0.25) is 0 Å². The molecule has 1 aliphatic heterocycles. The summed E-state index contributed by atoms with van der Waals surface area (Å²) in [5, 5.41) is 16.0. The maximum Gasteiger partial charge on any atom is 0.128 e. The molecule has 18 heavy (non-hydrogen) atoms. The van der Waals surface area contributed by atoms with Gasteiger partial charge in [-0.05, 0) is 30.7 Å². The predicted octanol–water partition coefficient (Wildman–Crippen LogP) is 3.61. The summed E-state index contributed by atoms with van der Waals surface area (Å²) in [4.78, 5) is 0. The highest BCUT2D eigenvalue weighted by Crippen LogP contribution is 2.36. The number of hydrogen-bond acceptors (Lipinski definition) is 2. The molecule has 2 atom stereocenters. The van der Waals surface area contributed by atoms with Crippen molar-refractivity contribution in [2.75, 3.05) is 6.54 Å². The van der Waals surface area contributed by atoms with Gasteiger partial charge in [-0.2, -0.15) is 0 Å². The van der Waals surface area contributed by atoms with E-state index in [4.69, 9.17) is 0 Å². The van der Waals surface area contributed by atoms with Gasteiger partial charge < -0.3 is 10.4 Å². The number of hydrogen-bond donors (Lipinski definition) is 2. The molecule has 0 amide bonds. The Balaban J connectivity index is 2.04. The standard InChI is InChI=1S/C16H19NO/c1-11-8-9-17-15(10-11)14-7-6-12-4-2-3-5-13(12)16(14)18/h2-7,11,15,17-18H,8-10H2,1H3. The number of piperidine rings is 1. The molecule has 2 heteroatoms. The van der Waals surface area contributed by atoms with Gasteiger partial charge in [0.2, 0.25) is 0 Å². The summed E-state index contributed by atoms with van der Waals surface area (Å²) in [5.74, 6) is 1.17. The van der Waals surface area contributed by atoms with Gasteiger partial charge in [0, 0.05) is 17.0 Å². The highest BCUT2D eigenvalue weighted by Gasteiger charge is 2.22. The van der Waals surface area contributed by atoms with Gasteiger partial charge in [0.25, 0.3) is 0 Å². The fourth-order valence-corrected chi connectivity index (χ4v) is 2.90. The second-order valence-corrected chi connectivity index (χ2v) is 5.36. The van der Waals surface area contributed by atoms with E-state index in [9.17, 15) is 5.11 Å². The van der Waals surface area contributed by atoms with E-state index in [0.29, 0.717) is 11.8 Å². The Bertz CT molecular complexity index is 564. The van der Waals surface area contributed by atoms with E-state index < -0.39 is 0 Å². The first-order chi connectivity index (χ1) is 8.75. The van der Waals surface area contributed by atoms with Crippen LogP contribution in [0.2, 0.25) is 0 Å². The minimum atomic E-state index is 0.290. The van der Waals surface area contributed by atoms with Gasteiger partial charge >= 0.3 is 0 Å². The van der Waals surface area contributed by atoms with Gasteiger partial charge in [0.1, 0.15) is 5.75 Å².